The summed E-state index contributed by atoms with van der Waals surface area (Å²) in [5, 5.41) is 0. The molecule has 3 rings (SSSR count). The zero-order valence-corrected chi connectivity index (χ0v) is 14.2. The second-order valence-corrected chi connectivity index (χ2v) is 7.49. The Hall–Kier alpha value is -1.18. The fraction of sp³-hybridized carbons (Fsp3) is 0.619. The van der Waals surface area contributed by atoms with E-state index in [1.807, 2.05) is 0 Å². The van der Waals surface area contributed by atoms with Crippen molar-refractivity contribution in [3.63, 3.8) is 0 Å². The van der Waals surface area contributed by atoms with Crippen molar-refractivity contribution < 1.29 is 8.78 Å². The van der Waals surface area contributed by atoms with E-state index in [2.05, 4.69) is 13.0 Å². The lowest BCUT2D eigenvalue weighted by Crippen LogP contribution is -2.15. The molecule has 1 saturated carbocycles. The second kappa shape index (κ2) is 7.59. The van der Waals surface area contributed by atoms with Crippen molar-refractivity contribution in [1.82, 2.24) is 0 Å². The number of benzene rings is 1. The molecule has 0 N–H and O–H groups in total. The second-order valence-electron chi connectivity index (χ2n) is 7.49. The lowest BCUT2D eigenvalue weighted by atomic mass is 9.77. The van der Waals surface area contributed by atoms with Crippen LogP contribution in [0.2, 0.25) is 0 Å². The van der Waals surface area contributed by atoms with E-state index in [0.717, 1.165) is 42.2 Å². The normalized spacial score (nSPS) is 24.2. The van der Waals surface area contributed by atoms with E-state index in [-0.39, 0.29) is 0 Å². The van der Waals surface area contributed by atoms with Crippen LogP contribution in [-0.2, 0) is 12.8 Å². The van der Waals surface area contributed by atoms with Crippen LogP contribution in [0.4, 0.5) is 8.78 Å². The molecule has 23 heavy (non-hydrogen) atoms. The molecular formula is C21H28F2. The average Bonchev–Trinajstić information content (AvgIpc) is 2.56. The van der Waals surface area contributed by atoms with E-state index in [9.17, 15) is 8.78 Å². The van der Waals surface area contributed by atoms with Crippen LogP contribution in [0.3, 0.4) is 0 Å². The van der Waals surface area contributed by atoms with E-state index < -0.39 is 11.6 Å². The Balaban J connectivity index is 1.49. The molecule has 0 atom stereocenters. The Bertz CT molecular complexity index is 565. The third-order valence-corrected chi connectivity index (χ3v) is 5.81. The molecule has 0 aromatic heterocycles. The van der Waals surface area contributed by atoms with Gasteiger partial charge in [-0.25, -0.2) is 8.78 Å². The quantitative estimate of drug-likeness (QED) is 0.553. The van der Waals surface area contributed by atoms with Crippen LogP contribution in [0, 0.1) is 23.5 Å². The van der Waals surface area contributed by atoms with Gasteiger partial charge in [-0.15, -0.1) is 0 Å². The summed E-state index contributed by atoms with van der Waals surface area (Å²) in [6.07, 6.45) is 14.5. The maximum atomic E-state index is 13.4. The van der Waals surface area contributed by atoms with E-state index in [4.69, 9.17) is 0 Å². The van der Waals surface area contributed by atoms with Gasteiger partial charge in [-0.05, 0) is 60.8 Å². The van der Waals surface area contributed by atoms with Crippen molar-refractivity contribution in [3.05, 3.63) is 46.5 Å². The number of halogens is 2. The highest BCUT2D eigenvalue weighted by atomic mass is 19.2. The fourth-order valence-electron chi connectivity index (χ4n) is 4.35. The minimum absolute atomic E-state index is 0.709. The molecule has 0 amide bonds. The maximum absolute atomic E-state index is 13.4. The molecule has 0 unspecified atom stereocenters. The Morgan fingerprint density at radius 1 is 0.913 bits per heavy atom. The van der Waals surface area contributed by atoms with Crippen molar-refractivity contribution in [2.24, 2.45) is 11.8 Å². The molecular weight excluding hydrogens is 290 g/mol. The van der Waals surface area contributed by atoms with Gasteiger partial charge in [0, 0.05) is 0 Å². The molecule has 2 aliphatic carbocycles. The Morgan fingerprint density at radius 3 is 2.17 bits per heavy atom. The molecule has 0 radical (unpaired) electrons. The van der Waals surface area contributed by atoms with Crippen molar-refractivity contribution in [2.45, 2.75) is 71.1 Å². The molecule has 1 aromatic rings. The highest BCUT2D eigenvalue weighted by Gasteiger charge is 2.21. The average molecular weight is 318 g/mol. The first-order chi connectivity index (χ1) is 11.2. The SMILES string of the molecule is CCCC1CCC(CCC2=CCc3cc(F)c(F)cc3C2)CC1. The molecule has 126 valence electrons. The van der Waals surface area contributed by atoms with E-state index in [0.29, 0.717) is 0 Å². The van der Waals surface area contributed by atoms with Crippen molar-refractivity contribution >= 4 is 0 Å². The van der Waals surface area contributed by atoms with Gasteiger partial charge in [-0.2, -0.15) is 0 Å². The van der Waals surface area contributed by atoms with Gasteiger partial charge in [0.1, 0.15) is 0 Å². The van der Waals surface area contributed by atoms with Gasteiger partial charge in [0.05, 0.1) is 0 Å². The van der Waals surface area contributed by atoms with Crippen LogP contribution < -0.4 is 0 Å². The van der Waals surface area contributed by atoms with E-state index >= 15 is 0 Å². The molecule has 2 aliphatic rings. The number of rotatable bonds is 5. The number of hydrogen-bond acceptors (Lipinski definition) is 0. The highest BCUT2D eigenvalue weighted by molar-refractivity contribution is 5.37. The number of hydrogen-bond donors (Lipinski definition) is 0. The molecule has 1 aromatic carbocycles. The predicted octanol–water partition coefficient (Wildman–Crippen LogP) is 6.38. The zero-order valence-electron chi connectivity index (χ0n) is 14.2. The van der Waals surface area contributed by atoms with Crippen LogP contribution in [0.25, 0.3) is 0 Å². The monoisotopic (exact) mass is 318 g/mol. The van der Waals surface area contributed by atoms with Crippen molar-refractivity contribution in [3.8, 4) is 0 Å². The Morgan fingerprint density at radius 2 is 1.52 bits per heavy atom. The largest absolute Gasteiger partial charge is 0.204 e. The van der Waals surface area contributed by atoms with Crippen LogP contribution in [0.1, 0.15) is 69.4 Å². The number of fused-ring (bicyclic) bond motifs is 1. The van der Waals surface area contributed by atoms with Crippen molar-refractivity contribution in [2.75, 3.05) is 0 Å². The Labute approximate surface area is 139 Å². The first kappa shape index (κ1) is 16.7. The lowest BCUT2D eigenvalue weighted by molar-refractivity contribution is 0.252. The standard InChI is InChI=1S/C21H28F2/c1-2-3-15-4-6-16(7-5-15)8-9-17-10-11-18-13-20(22)21(23)14-19(18)12-17/h10,13-16H,2-9,11-12H2,1H3. The smallest absolute Gasteiger partial charge is 0.159 e. The fourth-order valence-corrected chi connectivity index (χ4v) is 4.35. The molecule has 2 heteroatoms. The molecule has 0 saturated heterocycles. The first-order valence-corrected chi connectivity index (χ1v) is 9.30. The van der Waals surface area contributed by atoms with Gasteiger partial charge in [0.15, 0.2) is 11.6 Å². The van der Waals surface area contributed by atoms with Crippen LogP contribution >= 0.6 is 0 Å². The third-order valence-electron chi connectivity index (χ3n) is 5.81. The summed E-state index contributed by atoms with van der Waals surface area (Å²) in [6.45, 7) is 2.29. The van der Waals surface area contributed by atoms with Gasteiger partial charge < -0.3 is 0 Å². The Kier molecular flexibility index (Phi) is 5.50. The van der Waals surface area contributed by atoms with E-state index in [1.54, 1.807) is 0 Å². The van der Waals surface area contributed by atoms with Crippen LogP contribution in [0.5, 0.6) is 0 Å². The summed E-state index contributed by atoms with van der Waals surface area (Å²) >= 11 is 0. The van der Waals surface area contributed by atoms with Gasteiger partial charge in [-0.3, -0.25) is 0 Å². The molecule has 0 aliphatic heterocycles. The third kappa shape index (κ3) is 4.22. The molecule has 0 bridgehead atoms. The predicted molar refractivity (Wildman–Crippen MR) is 91.4 cm³/mol. The minimum atomic E-state index is -0.718. The van der Waals surface area contributed by atoms with Crippen LogP contribution in [0.15, 0.2) is 23.8 Å². The van der Waals surface area contributed by atoms with Gasteiger partial charge in [0.25, 0.3) is 0 Å². The zero-order chi connectivity index (χ0) is 16.2. The summed E-state index contributed by atoms with van der Waals surface area (Å²) in [6, 6.07) is 2.76. The number of allylic oxidation sites excluding steroid dienone is 2. The van der Waals surface area contributed by atoms with Gasteiger partial charge >= 0.3 is 0 Å². The summed E-state index contributed by atoms with van der Waals surface area (Å²) in [4.78, 5) is 0. The first-order valence-electron chi connectivity index (χ1n) is 9.30. The lowest BCUT2D eigenvalue weighted by Gasteiger charge is -2.29. The molecule has 0 heterocycles. The summed E-state index contributed by atoms with van der Waals surface area (Å²) in [5.41, 5.74) is 3.35. The summed E-state index contributed by atoms with van der Waals surface area (Å²) in [7, 11) is 0. The summed E-state index contributed by atoms with van der Waals surface area (Å²) in [5.74, 6) is 0.411. The molecule has 1 fully saturated rings. The maximum Gasteiger partial charge on any atom is 0.159 e. The minimum Gasteiger partial charge on any atom is -0.204 e. The molecule has 0 spiro atoms. The topological polar surface area (TPSA) is 0 Å². The van der Waals surface area contributed by atoms with Crippen LogP contribution in [-0.4, -0.2) is 0 Å². The van der Waals surface area contributed by atoms with Crippen molar-refractivity contribution in [1.29, 1.82) is 0 Å². The van der Waals surface area contributed by atoms with Gasteiger partial charge in [0.2, 0.25) is 0 Å². The summed E-state index contributed by atoms with van der Waals surface area (Å²) < 4.78 is 26.7. The highest BCUT2D eigenvalue weighted by Crippen LogP contribution is 2.35. The van der Waals surface area contributed by atoms with E-state index in [1.165, 1.54) is 62.7 Å². The molecule has 0 nitrogen and oxygen atoms in total. The van der Waals surface area contributed by atoms with Gasteiger partial charge in [-0.1, -0.05) is 57.1 Å².